The molecule has 2 aromatic rings. The molecule has 9 heteroatoms. The van der Waals surface area contributed by atoms with Crippen molar-refractivity contribution < 1.29 is 19.4 Å². The molecule has 2 rings (SSSR count). The van der Waals surface area contributed by atoms with Crippen LogP contribution in [0.25, 0.3) is 0 Å². The molecule has 0 saturated heterocycles. The second kappa shape index (κ2) is 6.52. The number of non-ortho nitro benzene ring substituents is 2. The number of nitrogens with zero attached hydrogens (tertiary/aromatic N) is 2. The minimum Gasteiger partial charge on any atom is -0.465 e. The molecule has 0 spiro atoms. The van der Waals surface area contributed by atoms with Crippen LogP contribution < -0.4 is 5.32 Å². The molecule has 0 aromatic heterocycles. The van der Waals surface area contributed by atoms with E-state index in [2.05, 4.69) is 10.1 Å². The molecule has 0 amide bonds. The highest BCUT2D eigenvalue weighted by Gasteiger charge is 2.17. The SMILES string of the molecule is COC(=O)c1ccc([N+](=O)[O-])cc1Nc1ccc([N+](=O)[O-])cc1. The van der Waals surface area contributed by atoms with E-state index in [9.17, 15) is 25.0 Å². The summed E-state index contributed by atoms with van der Waals surface area (Å²) in [5.74, 6) is -0.663. The summed E-state index contributed by atoms with van der Waals surface area (Å²) in [6.07, 6.45) is 0. The highest BCUT2D eigenvalue weighted by molar-refractivity contribution is 5.97. The number of esters is 1. The molecule has 0 saturated carbocycles. The van der Waals surface area contributed by atoms with Gasteiger partial charge in [0.15, 0.2) is 0 Å². The maximum Gasteiger partial charge on any atom is 0.339 e. The molecule has 0 aliphatic carbocycles. The summed E-state index contributed by atoms with van der Waals surface area (Å²) in [6, 6.07) is 9.06. The number of nitro groups is 2. The molecule has 0 heterocycles. The highest BCUT2D eigenvalue weighted by atomic mass is 16.6. The first-order valence-electron chi connectivity index (χ1n) is 6.30. The number of nitro benzene ring substituents is 2. The minimum atomic E-state index is -0.663. The van der Waals surface area contributed by atoms with Gasteiger partial charge in [0.2, 0.25) is 0 Å². The number of methoxy groups -OCH3 is 1. The van der Waals surface area contributed by atoms with E-state index in [1.54, 1.807) is 0 Å². The van der Waals surface area contributed by atoms with Gasteiger partial charge in [0, 0.05) is 30.0 Å². The topological polar surface area (TPSA) is 125 Å². The lowest BCUT2D eigenvalue weighted by Crippen LogP contribution is -2.06. The average molecular weight is 317 g/mol. The van der Waals surface area contributed by atoms with Crippen molar-refractivity contribution in [3.8, 4) is 0 Å². The summed E-state index contributed by atoms with van der Waals surface area (Å²) in [4.78, 5) is 32.1. The third-order valence-corrected chi connectivity index (χ3v) is 2.98. The molecule has 0 radical (unpaired) electrons. The maximum absolute atomic E-state index is 11.7. The van der Waals surface area contributed by atoms with E-state index in [4.69, 9.17) is 0 Å². The lowest BCUT2D eigenvalue weighted by Gasteiger charge is -2.10. The van der Waals surface area contributed by atoms with Crippen molar-refractivity contribution in [1.29, 1.82) is 0 Å². The van der Waals surface area contributed by atoms with Crippen LogP contribution in [-0.4, -0.2) is 22.9 Å². The van der Waals surface area contributed by atoms with Crippen LogP contribution in [0.5, 0.6) is 0 Å². The van der Waals surface area contributed by atoms with E-state index in [1.165, 1.54) is 49.6 Å². The Morgan fingerprint density at radius 3 is 2.09 bits per heavy atom. The van der Waals surface area contributed by atoms with Gasteiger partial charge in [-0.05, 0) is 18.2 Å². The molecular weight excluding hydrogens is 306 g/mol. The van der Waals surface area contributed by atoms with E-state index in [0.29, 0.717) is 5.69 Å². The van der Waals surface area contributed by atoms with Crippen LogP contribution in [0.2, 0.25) is 0 Å². The Bertz CT molecular complexity index is 773. The molecule has 0 aliphatic rings. The number of ether oxygens (including phenoxy) is 1. The van der Waals surface area contributed by atoms with E-state index >= 15 is 0 Å². The Kier molecular flexibility index (Phi) is 4.50. The number of carbonyl (C=O) groups excluding carboxylic acids is 1. The molecule has 9 nitrogen and oxygen atoms in total. The van der Waals surface area contributed by atoms with E-state index in [0.717, 1.165) is 0 Å². The van der Waals surface area contributed by atoms with Crippen LogP contribution in [0, 0.1) is 20.2 Å². The smallest absolute Gasteiger partial charge is 0.339 e. The molecule has 0 atom stereocenters. The number of hydrogen-bond donors (Lipinski definition) is 1. The Hall–Kier alpha value is -3.49. The van der Waals surface area contributed by atoms with Crippen LogP contribution >= 0.6 is 0 Å². The van der Waals surface area contributed by atoms with Crippen molar-refractivity contribution in [3.63, 3.8) is 0 Å². The predicted molar refractivity (Wildman–Crippen MR) is 80.8 cm³/mol. The fourth-order valence-corrected chi connectivity index (χ4v) is 1.86. The predicted octanol–water partition coefficient (Wildman–Crippen LogP) is 3.03. The van der Waals surface area contributed by atoms with Crippen molar-refractivity contribution in [1.82, 2.24) is 0 Å². The second-order valence-electron chi connectivity index (χ2n) is 4.41. The first-order chi connectivity index (χ1) is 10.9. The Balaban J connectivity index is 2.39. The molecule has 1 N–H and O–H groups in total. The van der Waals surface area contributed by atoms with Crippen molar-refractivity contribution in [2.75, 3.05) is 12.4 Å². The van der Waals surface area contributed by atoms with Gasteiger partial charge >= 0.3 is 5.97 Å². The zero-order valence-corrected chi connectivity index (χ0v) is 11.9. The Morgan fingerprint density at radius 1 is 1.00 bits per heavy atom. The van der Waals surface area contributed by atoms with Crippen LogP contribution in [0.3, 0.4) is 0 Å². The number of hydrogen-bond acceptors (Lipinski definition) is 7. The molecule has 118 valence electrons. The first kappa shape index (κ1) is 15.9. The van der Waals surface area contributed by atoms with Gasteiger partial charge in [0.1, 0.15) is 0 Å². The van der Waals surface area contributed by atoms with E-state index in [-0.39, 0.29) is 22.6 Å². The number of anilines is 2. The van der Waals surface area contributed by atoms with Gasteiger partial charge < -0.3 is 10.1 Å². The first-order valence-corrected chi connectivity index (χ1v) is 6.30. The van der Waals surface area contributed by atoms with E-state index < -0.39 is 15.8 Å². The van der Waals surface area contributed by atoms with Gasteiger partial charge in [-0.3, -0.25) is 20.2 Å². The van der Waals surface area contributed by atoms with E-state index in [1.807, 2.05) is 0 Å². The zero-order valence-electron chi connectivity index (χ0n) is 11.9. The quantitative estimate of drug-likeness (QED) is 0.510. The molecule has 23 heavy (non-hydrogen) atoms. The summed E-state index contributed by atoms with van der Waals surface area (Å²) in [7, 11) is 1.19. The van der Waals surface area contributed by atoms with Gasteiger partial charge in [-0.2, -0.15) is 0 Å². The Morgan fingerprint density at radius 2 is 1.57 bits per heavy atom. The molecular formula is C14H11N3O6. The van der Waals surface area contributed by atoms with Gasteiger partial charge in [0.05, 0.1) is 28.2 Å². The van der Waals surface area contributed by atoms with Crippen LogP contribution in [-0.2, 0) is 4.74 Å². The monoisotopic (exact) mass is 317 g/mol. The summed E-state index contributed by atoms with van der Waals surface area (Å²) in [5.41, 5.74) is 0.405. The third kappa shape index (κ3) is 3.59. The van der Waals surface area contributed by atoms with Crippen molar-refractivity contribution in [3.05, 3.63) is 68.3 Å². The lowest BCUT2D eigenvalue weighted by atomic mass is 10.1. The summed E-state index contributed by atoms with van der Waals surface area (Å²) < 4.78 is 4.63. The number of nitrogens with one attached hydrogen (secondary N) is 1. The van der Waals surface area contributed by atoms with Crippen molar-refractivity contribution >= 4 is 28.7 Å². The maximum atomic E-state index is 11.7. The van der Waals surface area contributed by atoms with Crippen LogP contribution in [0.1, 0.15) is 10.4 Å². The van der Waals surface area contributed by atoms with Crippen LogP contribution in [0.15, 0.2) is 42.5 Å². The highest BCUT2D eigenvalue weighted by Crippen LogP contribution is 2.27. The average Bonchev–Trinajstić information content (AvgIpc) is 2.54. The standard InChI is InChI=1S/C14H11N3O6/c1-23-14(18)12-7-6-11(17(21)22)8-13(12)15-9-2-4-10(5-3-9)16(19)20/h2-8,15H,1H3. The van der Waals surface area contributed by atoms with Crippen LogP contribution in [0.4, 0.5) is 22.7 Å². The summed E-state index contributed by atoms with van der Waals surface area (Å²) >= 11 is 0. The van der Waals surface area contributed by atoms with Crippen molar-refractivity contribution in [2.24, 2.45) is 0 Å². The summed E-state index contributed by atoms with van der Waals surface area (Å²) in [5, 5.41) is 24.3. The Labute approximate surface area is 129 Å². The summed E-state index contributed by atoms with van der Waals surface area (Å²) in [6.45, 7) is 0. The van der Waals surface area contributed by atoms with Gasteiger partial charge in [-0.1, -0.05) is 0 Å². The number of carbonyl (C=O) groups is 1. The molecule has 0 aliphatic heterocycles. The minimum absolute atomic E-state index is 0.0946. The zero-order chi connectivity index (χ0) is 17.0. The molecule has 2 aromatic carbocycles. The number of rotatable bonds is 5. The third-order valence-electron chi connectivity index (χ3n) is 2.98. The lowest BCUT2D eigenvalue weighted by molar-refractivity contribution is -0.385. The fraction of sp³-hybridized carbons (Fsp3) is 0.0714. The fourth-order valence-electron chi connectivity index (χ4n) is 1.86. The molecule has 0 unspecified atom stereocenters. The molecule has 0 fully saturated rings. The normalized spacial score (nSPS) is 9.96. The van der Waals surface area contributed by atoms with Crippen molar-refractivity contribution in [2.45, 2.75) is 0 Å². The number of benzene rings is 2. The largest absolute Gasteiger partial charge is 0.465 e. The van der Waals surface area contributed by atoms with Gasteiger partial charge in [0.25, 0.3) is 11.4 Å². The second-order valence-corrected chi connectivity index (χ2v) is 4.41. The van der Waals surface area contributed by atoms with Gasteiger partial charge in [-0.15, -0.1) is 0 Å². The van der Waals surface area contributed by atoms with Gasteiger partial charge in [-0.25, -0.2) is 4.79 Å². The molecule has 0 bridgehead atoms.